The SMILES string of the molecule is CC(C)Cn1c(SC(C)C(=O)NCc2ccc3c(c2)OCO3)nc2ccccc2c1=O. The van der Waals surface area contributed by atoms with E-state index in [-0.39, 0.29) is 24.2 Å². The lowest BCUT2D eigenvalue weighted by Crippen LogP contribution is -2.32. The highest BCUT2D eigenvalue weighted by atomic mass is 32.2. The molecule has 162 valence electrons. The highest BCUT2D eigenvalue weighted by molar-refractivity contribution is 8.00. The molecule has 0 fully saturated rings. The van der Waals surface area contributed by atoms with Crippen molar-refractivity contribution in [3.8, 4) is 11.5 Å². The minimum absolute atomic E-state index is 0.0743. The fraction of sp³-hybridized carbons (Fsp3) is 0.348. The van der Waals surface area contributed by atoms with Gasteiger partial charge in [0.2, 0.25) is 12.7 Å². The van der Waals surface area contributed by atoms with Gasteiger partial charge in [-0.25, -0.2) is 4.98 Å². The van der Waals surface area contributed by atoms with Gasteiger partial charge in [-0.2, -0.15) is 0 Å². The predicted molar refractivity (Wildman–Crippen MR) is 121 cm³/mol. The Bertz CT molecular complexity index is 1180. The molecule has 0 bridgehead atoms. The predicted octanol–water partition coefficient (Wildman–Crippen LogP) is 3.58. The van der Waals surface area contributed by atoms with E-state index in [1.165, 1.54) is 11.8 Å². The molecule has 1 atom stereocenters. The average Bonchev–Trinajstić information content (AvgIpc) is 3.22. The number of nitrogens with one attached hydrogen (secondary N) is 1. The Morgan fingerprint density at radius 2 is 1.94 bits per heavy atom. The van der Waals surface area contributed by atoms with E-state index in [4.69, 9.17) is 9.47 Å². The monoisotopic (exact) mass is 439 g/mol. The molecule has 7 nitrogen and oxygen atoms in total. The fourth-order valence-electron chi connectivity index (χ4n) is 3.36. The molecule has 1 aromatic heterocycles. The van der Waals surface area contributed by atoms with Gasteiger partial charge in [0.15, 0.2) is 16.7 Å². The molecule has 0 spiro atoms. The highest BCUT2D eigenvalue weighted by Crippen LogP contribution is 2.32. The third kappa shape index (κ3) is 4.69. The van der Waals surface area contributed by atoms with Gasteiger partial charge < -0.3 is 14.8 Å². The first-order chi connectivity index (χ1) is 14.9. The van der Waals surface area contributed by atoms with Crippen LogP contribution < -0.4 is 20.3 Å². The molecule has 1 aliphatic heterocycles. The smallest absolute Gasteiger partial charge is 0.262 e. The first-order valence-electron chi connectivity index (χ1n) is 10.2. The molecular weight excluding hydrogens is 414 g/mol. The van der Waals surface area contributed by atoms with Crippen molar-refractivity contribution in [3.63, 3.8) is 0 Å². The zero-order valence-electron chi connectivity index (χ0n) is 17.8. The summed E-state index contributed by atoms with van der Waals surface area (Å²) in [5.41, 5.74) is 1.49. The van der Waals surface area contributed by atoms with Crippen LogP contribution in [0, 0.1) is 5.92 Å². The molecule has 1 unspecified atom stereocenters. The van der Waals surface area contributed by atoms with Gasteiger partial charge in [0.25, 0.3) is 5.56 Å². The number of thioether (sulfide) groups is 1. The highest BCUT2D eigenvalue weighted by Gasteiger charge is 2.20. The van der Waals surface area contributed by atoms with Crippen LogP contribution in [0.15, 0.2) is 52.4 Å². The second-order valence-corrected chi connectivity index (χ2v) is 9.19. The quantitative estimate of drug-likeness (QED) is 0.448. The molecule has 4 rings (SSSR count). The Kier molecular flexibility index (Phi) is 6.18. The normalized spacial score (nSPS) is 13.5. The largest absolute Gasteiger partial charge is 0.454 e. The van der Waals surface area contributed by atoms with Crippen LogP contribution in [0.25, 0.3) is 10.9 Å². The summed E-state index contributed by atoms with van der Waals surface area (Å²) in [6.45, 7) is 7.07. The number of carbonyl (C=O) groups is 1. The van der Waals surface area contributed by atoms with E-state index in [0.717, 1.165) is 5.56 Å². The van der Waals surface area contributed by atoms with Gasteiger partial charge in [-0.15, -0.1) is 0 Å². The number of fused-ring (bicyclic) bond motifs is 2. The van der Waals surface area contributed by atoms with Gasteiger partial charge in [-0.3, -0.25) is 14.2 Å². The van der Waals surface area contributed by atoms with Crippen LogP contribution in [-0.2, 0) is 17.9 Å². The van der Waals surface area contributed by atoms with Crippen LogP contribution in [0.1, 0.15) is 26.3 Å². The Hall–Kier alpha value is -3.00. The molecule has 0 saturated heterocycles. The van der Waals surface area contributed by atoms with E-state index < -0.39 is 5.25 Å². The minimum atomic E-state index is -0.416. The van der Waals surface area contributed by atoms with Gasteiger partial charge in [0.05, 0.1) is 16.2 Å². The molecule has 31 heavy (non-hydrogen) atoms. The minimum Gasteiger partial charge on any atom is -0.454 e. The van der Waals surface area contributed by atoms with Crippen LogP contribution in [0.3, 0.4) is 0 Å². The maximum Gasteiger partial charge on any atom is 0.262 e. The summed E-state index contributed by atoms with van der Waals surface area (Å²) in [4.78, 5) is 30.4. The molecule has 1 N–H and O–H groups in total. The summed E-state index contributed by atoms with van der Waals surface area (Å²) >= 11 is 1.30. The third-order valence-corrected chi connectivity index (χ3v) is 6.02. The van der Waals surface area contributed by atoms with E-state index in [0.29, 0.717) is 40.6 Å². The Morgan fingerprint density at radius 1 is 1.16 bits per heavy atom. The van der Waals surface area contributed by atoms with Gasteiger partial charge in [0, 0.05) is 13.1 Å². The first kappa shape index (κ1) is 21.2. The lowest BCUT2D eigenvalue weighted by atomic mass is 10.2. The van der Waals surface area contributed by atoms with Crippen LogP contribution in [0.5, 0.6) is 11.5 Å². The number of para-hydroxylation sites is 1. The van der Waals surface area contributed by atoms with Crippen LogP contribution in [-0.4, -0.2) is 27.5 Å². The van der Waals surface area contributed by atoms with Crippen molar-refractivity contribution >= 4 is 28.6 Å². The van der Waals surface area contributed by atoms with Gasteiger partial charge >= 0.3 is 0 Å². The zero-order valence-corrected chi connectivity index (χ0v) is 18.6. The summed E-state index contributed by atoms with van der Waals surface area (Å²) in [7, 11) is 0. The van der Waals surface area contributed by atoms with Crippen molar-refractivity contribution in [3.05, 3.63) is 58.4 Å². The maximum atomic E-state index is 13.0. The molecule has 2 aromatic carbocycles. The van der Waals surface area contributed by atoms with E-state index in [1.54, 1.807) is 10.6 Å². The number of ether oxygens (including phenoxy) is 2. The van der Waals surface area contributed by atoms with Crippen molar-refractivity contribution in [1.82, 2.24) is 14.9 Å². The molecule has 2 heterocycles. The number of aromatic nitrogens is 2. The summed E-state index contributed by atoms with van der Waals surface area (Å²) in [5, 5.41) is 3.68. The molecule has 0 aliphatic carbocycles. The van der Waals surface area contributed by atoms with Crippen LogP contribution in [0.4, 0.5) is 0 Å². The molecule has 0 radical (unpaired) electrons. The number of rotatable bonds is 7. The Balaban J connectivity index is 1.49. The summed E-state index contributed by atoms with van der Waals surface area (Å²) in [5.74, 6) is 1.55. The second kappa shape index (κ2) is 9.01. The molecular formula is C23H25N3O4S. The molecule has 3 aromatic rings. The maximum absolute atomic E-state index is 13.0. The third-order valence-electron chi connectivity index (χ3n) is 4.93. The van der Waals surface area contributed by atoms with E-state index in [2.05, 4.69) is 24.1 Å². The molecule has 0 saturated carbocycles. The number of hydrogen-bond acceptors (Lipinski definition) is 6. The fourth-order valence-corrected chi connectivity index (χ4v) is 4.30. The molecule has 8 heteroatoms. The Morgan fingerprint density at radius 3 is 2.74 bits per heavy atom. The average molecular weight is 440 g/mol. The zero-order chi connectivity index (χ0) is 22.0. The van der Waals surface area contributed by atoms with E-state index in [9.17, 15) is 9.59 Å². The standard InChI is InChI=1S/C23H25N3O4S/c1-14(2)12-26-22(28)17-6-4-5-7-18(17)25-23(26)31-15(3)21(27)24-11-16-8-9-19-20(10-16)30-13-29-19/h4-10,14-15H,11-13H2,1-3H3,(H,24,27). The van der Waals surface area contributed by atoms with Gasteiger partial charge in [-0.05, 0) is 42.7 Å². The van der Waals surface area contributed by atoms with Gasteiger partial charge in [-0.1, -0.05) is 43.8 Å². The van der Waals surface area contributed by atoms with Crippen molar-refractivity contribution in [2.45, 2.75) is 44.3 Å². The number of carbonyl (C=O) groups excluding carboxylic acids is 1. The second-order valence-electron chi connectivity index (χ2n) is 7.89. The number of hydrogen-bond donors (Lipinski definition) is 1. The van der Waals surface area contributed by atoms with Gasteiger partial charge in [0.1, 0.15) is 0 Å². The van der Waals surface area contributed by atoms with Crippen molar-refractivity contribution in [2.75, 3.05) is 6.79 Å². The van der Waals surface area contributed by atoms with E-state index >= 15 is 0 Å². The van der Waals surface area contributed by atoms with Crippen molar-refractivity contribution in [1.29, 1.82) is 0 Å². The first-order valence-corrected chi connectivity index (χ1v) is 11.1. The molecule has 1 aliphatic rings. The van der Waals surface area contributed by atoms with Crippen molar-refractivity contribution in [2.24, 2.45) is 5.92 Å². The van der Waals surface area contributed by atoms with Crippen LogP contribution in [0.2, 0.25) is 0 Å². The summed E-state index contributed by atoms with van der Waals surface area (Å²) in [6.07, 6.45) is 0. The lowest BCUT2D eigenvalue weighted by molar-refractivity contribution is -0.120. The number of amides is 1. The lowest BCUT2D eigenvalue weighted by Gasteiger charge is -2.17. The summed E-state index contributed by atoms with van der Waals surface area (Å²) < 4.78 is 12.4. The van der Waals surface area contributed by atoms with Crippen LogP contribution >= 0.6 is 11.8 Å². The topological polar surface area (TPSA) is 82.5 Å². The van der Waals surface area contributed by atoms with E-state index in [1.807, 2.05) is 43.3 Å². The molecule has 1 amide bonds. The Labute approximate surface area is 184 Å². The summed E-state index contributed by atoms with van der Waals surface area (Å²) in [6, 6.07) is 12.9. The van der Waals surface area contributed by atoms with Crippen molar-refractivity contribution < 1.29 is 14.3 Å². The number of benzene rings is 2. The number of nitrogens with zero attached hydrogens (tertiary/aromatic N) is 2.